The number of carbonyl (C=O) groups is 1. The first-order valence-electron chi connectivity index (χ1n) is 6.72. The predicted octanol–water partition coefficient (Wildman–Crippen LogP) is 3.31. The molecule has 0 aliphatic heterocycles. The number of hydrogen-bond donors (Lipinski definition) is 2. The molecule has 112 valence electrons. The highest BCUT2D eigenvalue weighted by Gasteiger charge is 2.18. The molecule has 5 nitrogen and oxygen atoms in total. The molecule has 0 fully saturated rings. The minimum absolute atomic E-state index is 0.0431. The molecule has 1 amide bonds. The molecule has 2 atom stereocenters. The molecule has 2 unspecified atom stereocenters. The van der Waals surface area contributed by atoms with Crippen molar-refractivity contribution in [2.45, 2.75) is 32.9 Å². The zero-order valence-corrected chi connectivity index (χ0v) is 12.9. The molecule has 2 aromatic rings. The van der Waals surface area contributed by atoms with Crippen LogP contribution in [0.25, 0.3) is 0 Å². The Morgan fingerprint density at radius 1 is 1.33 bits per heavy atom. The van der Waals surface area contributed by atoms with Crippen molar-refractivity contribution in [3.8, 4) is 0 Å². The van der Waals surface area contributed by atoms with E-state index in [1.807, 2.05) is 31.2 Å². The summed E-state index contributed by atoms with van der Waals surface area (Å²) >= 11 is 6.15. The summed E-state index contributed by atoms with van der Waals surface area (Å²) in [7, 11) is 0. The van der Waals surface area contributed by atoms with E-state index in [4.69, 9.17) is 16.1 Å². The van der Waals surface area contributed by atoms with Crippen molar-refractivity contribution in [1.29, 1.82) is 0 Å². The molecule has 6 heteroatoms. The van der Waals surface area contributed by atoms with E-state index in [0.717, 1.165) is 5.56 Å². The number of anilines is 1. The van der Waals surface area contributed by atoms with Crippen molar-refractivity contribution in [2.75, 3.05) is 5.32 Å². The van der Waals surface area contributed by atoms with Crippen molar-refractivity contribution in [1.82, 2.24) is 10.5 Å². The van der Waals surface area contributed by atoms with E-state index in [-0.39, 0.29) is 11.9 Å². The highest BCUT2D eigenvalue weighted by molar-refractivity contribution is 6.31. The average Bonchev–Trinajstić information content (AvgIpc) is 2.84. The summed E-state index contributed by atoms with van der Waals surface area (Å²) in [5.41, 5.74) is 0.955. The lowest BCUT2D eigenvalue weighted by molar-refractivity contribution is -0.118. The second-order valence-corrected chi connectivity index (χ2v) is 5.35. The molecule has 0 saturated heterocycles. The zero-order valence-electron chi connectivity index (χ0n) is 12.2. The standard InChI is InChI=1S/C15H18ClN3O2/c1-9-8-14(19-21-9)18-15(20)11(3)17-10(2)12-6-4-5-7-13(12)16/h4-8,10-11,17H,1-3H3,(H,18,19,20). The number of halogens is 1. The summed E-state index contributed by atoms with van der Waals surface area (Å²) in [6.07, 6.45) is 0. The van der Waals surface area contributed by atoms with Crippen LogP contribution in [0.3, 0.4) is 0 Å². The molecule has 2 N–H and O–H groups in total. The number of benzene rings is 1. The van der Waals surface area contributed by atoms with Crippen LogP contribution in [-0.4, -0.2) is 17.1 Å². The van der Waals surface area contributed by atoms with Gasteiger partial charge in [0.05, 0.1) is 6.04 Å². The number of rotatable bonds is 5. The summed E-state index contributed by atoms with van der Waals surface area (Å²) < 4.78 is 4.91. The van der Waals surface area contributed by atoms with E-state index >= 15 is 0 Å². The highest BCUT2D eigenvalue weighted by Crippen LogP contribution is 2.22. The van der Waals surface area contributed by atoms with Gasteiger partial charge in [-0.05, 0) is 32.4 Å². The number of amides is 1. The Kier molecular flexibility index (Phi) is 4.98. The second-order valence-electron chi connectivity index (χ2n) is 4.94. The minimum Gasteiger partial charge on any atom is -0.360 e. The molecule has 1 aromatic carbocycles. The van der Waals surface area contributed by atoms with E-state index < -0.39 is 6.04 Å². The Labute approximate surface area is 128 Å². The largest absolute Gasteiger partial charge is 0.360 e. The molecule has 0 aliphatic carbocycles. The number of hydrogen-bond acceptors (Lipinski definition) is 4. The molecule has 0 radical (unpaired) electrons. The number of nitrogens with zero attached hydrogens (tertiary/aromatic N) is 1. The Morgan fingerprint density at radius 2 is 2.05 bits per heavy atom. The summed E-state index contributed by atoms with van der Waals surface area (Å²) in [5, 5.41) is 10.3. The van der Waals surface area contributed by atoms with Crippen LogP contribution < -0.4 is 10.6 Å². The third kappa shape index (κ3) is 4.06. The fraction of sp³-hybridized carbons (Fsp3) is 0.333. The number of aryl methyl sites for hydroxylation is 1. The van der Waals surface area contributed by atoms with Gasteiger partial charge in [0.2, 0.25) is 5.91 Å². The Balaban J connectivity index is 1.96. The van der Waals surface area contributed by atoms with Gasteiger partial charge in [0, 0.05) is 17.1 Å². The lowest BCUT2D eigenvalue weighted by Gasteiger charge is -2.20. The average molecular weight is 308 g/mol. The maximum Gasteiger partial charge on any atom is 0.242 e. The first kappa shape index (κ1) is 15.5. The minimum atomic E-state index is -0.395. The van der Waals surface area contributed by atoms with Crippen LogP contribution in [0.4, 0.5) is 5.82 Å². The zero-order chi connectivity index (χ0) is 15.4. The third-order valence-corrected chi connectivity index (χ3v) is 3.49. The van der Waals surface area contributed by atoms with Crippen molar-refractivity contribution < 1.29 is 9.32 Å². The molecule has 21 heavy (non-hydrogen) atoms. The molecule has 0 aliphatic rings. The topological polar surface area (TPSA) is 67.2 Å². The molecule has 1 heterocycles. The number of carbonyl (C=O) groups excluding carboxylic acids is 1. The second kappa shape index (κ2) is 6.74. The molecule has 0 bridgehead atoms. The van der Waals surface area contributed by atoms with E-state index in [9.17, 15) is 4.79 Å². The van der Waals surface area contributed by atoms with Gasteiger partial charge in [-0.15, -0.1) is 0 Å². The molecule has 0 spiro atoms. The van der Waals surface area contributed by atoms with Crippen molar-refractivity contribution in [2.24, 2.45) is 0 Å². The number of aromatic nitrogens is 1. The summed E-state index contributed by atoms with van der Waals surface area (Å²) in [4.78, 5) is 12.1. The lowest BCUT2D eigenvalue weighted by atomic mass is 10.1. The fourth-order valence-corrected chi connectivity index (χ4v) is 2.33. The molecular weight excluding hydrogens is 290 g/mol. The SMILES string of the molecule is Cc1cc(NC(=O)C(C)NC(C)c2ccccc2Cl)no1. The monoisotopic (exact) mass is 307 g/mol. The van der Waals surface area contributed by atoms with Crippen LogP contribution in [0, 0.1) is 6.92 Å². The van der Waals surface area contributed by atoms with Gasteiger partial charge in [0.15, 0.2) is 5.82 Å². The van der Waals surface area contributed by atoms with E-state index in [1.54, 1.807) is 19.9 Å². The maximum atomic E-state index is 12.1. The van der Waals surface area contributed by atoms with E-state index in [2.05, 4.69) is 15.8 Å². The molecule has 2 rings (SSSR count). The van der Waals surface area contributed by atoms with Crippen LogP contribution in [-0.2, 0) is 4.79 Å². The molecule has 1 aromatic heterocycles. The van der Waals surface area contributed by atoms with Gasteiger partial charge in [0.1, 0.15) is 5.76 Å². The Hall–Kier alpha value is -1.85. The summed E-state index contributed by atoms with van der Waals surface area (Å²) in [6, 6.07) is 8.79. The van der Waals surface area contributed by atoms with E-state index in [0.29, 0.717) is 16.6 Å². The van der Waals surface area contributed by atoms with Crippen molar-refractivity contribution in [3.05, 3.63) is 46.7 Å². The van der Waals surface area contributed by atoms with Gasteiger partial charge in [-0.1, -0.05) is 35.0 Å². The summed E-state index contributed by atoms with van der Waals surface area (Å²) in [5.74, 6) is 0.883. The quantitative estimate of drug-likeness (QED) is 0.889. The van der Waals surface area contributed by atoms with E-state index in [1.165, 1.54) is 0 Å². The maximum absolute atomic E-state index is 12.1. The van der Waals surface area contributed by atoms with Crippen LogP contribution in [0.2, 0.25) is 5.02 Å². The Bertz CT molecular complexity index is 627. The third-order valence-electron chi connectivity index (χ3n) is 3.14. The van der Waals surface area contributed by atoms with Crippen molar-refractivity contribution in [3.63, 3.8) is 0 Å². The lowest BCUT2D eigenvalue weighted by Crippen LogP contribution is -2.39. The van der Waals surface area contributed by atoms with Gasteiger partial charge in [-0.25, -0.2) is 0 Å². The first-order chi connectivity index (χ1) is 9.97. The molecule has 0 saturated carbocycles. The van der Waals surface area contributed by atoms with Gasteiger partial charge < -0.3 is 9.84 Å². The first-order valence-corrected chi connectivity index (χ1v) is 7.10. The fourth-order valence-electron chi connectivity index (χ4n) is 2.03. The van der Waals surface area contributed by atoms with Crippen LogP contribution in [0.15, 0.2) is 34.9 Å². The summed E-state index contributed by atoms with van der Waals surface area (Å²) in [6.45, 7) is 5.52. The highest BCUT2D eigenvalue weighted by atomic mass is 35.5. The Morgan fingerprint density at radius 3 is 2.67 bits per heavy atom. The van der Waals surface area contributed by atoms with Crippen LogP contribution >= 0.6 is 11.6 Å². The van der Waals surface area contributed by atoms with Gasteiger partial charge in [-0.2, -0.15) is 0 Å². The number of nitrogens with one attached hydrogen (secondary N) is 2. The van der Waals surface area contributed by atoms with Gasteiger partial charge in [0.25, 0.3) is 0 Å². The van der Waals surface area contributed by atoms with Gasteiger partial charge >= 0.3 is 0 Å². The normalized spacial score (nSPS) is 13.7. The predicted molar refractivity (Wildman–Crippen MR) is 82.3 cm³/mol. The van der Waals surface area contributed by atoms with Crippen molar-refractivity contribution >= 4 is 23.3 Å². The van der Waals surface area contributed by atoms with Crippen LogP contribution in [0.1, 0.15) is 31.2 Å². The smallest absolute Gasteiger partial charge is 0.242 e. The van der Waals surface area contributed by atoms with Crippen LogP contribution in [0.5, 0.6) is 0 Å². The van der Waals surface area contributed by atoms with Gasteiger partial charge in [-0.3, -0.25) is 10.1 Å². The molecular formula is C15H18ClN3O2.